The molecule has 2 heterocycles. The minimum atomic E-state index is -0.287. The third-order valence-corrected chi connectivity index (χ3v) is 6.54. The molecule has 0 aromatic heterocycles. The smallest absolute Gasteiger partial charge is 0.310 e. The lowest BCUT2D eigenvalue weighted by Crippen LogP contribution is -2.42. The van der Waals surface area contributed by atoms with Crippen molar-refractivity contribution in [2.75, 3.05) is 24.6 Å². The summed E-state index contributed by atoms with van der Waals surface area (Å²) in [6, 6.07) is 6.67. The minimum absolute atomic E-state index is 0.114. The fraction of sp³-hybridized carbons (Fsp3) is 0.565. The molecule has 1 aliphatic carbocycles. The maximum absolute atomic E-state index is 12.9. The summed E-state index contributed by atoms with van der Waals surface area (Å²) in [6.45, 7) is 3.06. The molecule has 2 saturated heterocycles. The largest absolute Gasteiger partial charge is 0.466 e. The lowest BCUT2D eigenvalue weighted by Gasteiger charge is -2.31. The molecule has 3 atom stereocenters. The molecule has 0 spiro atoms. The summed E-state index contributed by atoms with van der Waals surface area (Å²) in [5.41, 5.74) is 1.01. The average Bonchev–Trinajstić information content (AvgIpc) is 3.04. The van der Waals surface area contributed by atoms with Gasteiger partial charge in [-0.25, -0.2) is 0 Å². The number of nitrogens with zero attached hydrogens (tertiary/aromatic N) is 2. The first-order chi connectivity index (χ1) is 14.5. The van der Waals surface area contributed by atoms with Crippen LogP contribution in [0, 0.1) is 17.8 Å². The molecule has 160 valence electrons. The van der Waals surface area contributed by atoms with E-state index in [0.29, 0.717) is 30.9 Å². The molecule has 7 heteroatoms. The van der Waals surface area contributed by atoms with Crippen molar-refractivity contribution < 1.29 is 23.9 Å². The number of imide groups is 1. The molecule has 3 fully saturated rings. The van der Waals surface area contributed by atoms with Crippen molar-refractivity contribution in [3.8, 4) is 0 Å². The van der Waals surface area contributed by atoms with E-state index < -0.39 is 0 Å². The molecular weight excluding hydrogens is 384 g/mol. The number of anilines is 1. The standard InChI is InChI=1S/C23H28N2O5/c1-2-30-23(29)16-6-5-13-24(14-16)20(26)15-9-11-17(12-10-15)25-21(27)18-7-3-4-8-19(18)22(25)28/h9-12,16,18-19H,2-8,13-14H2,1H3/t16-,18-,19+/m1/s1. The predicted octanol–water partition coefficient (Wildman–Crippen LogP) is 2.78. The van der Waals surface area contributed by atoms with E-state index in [4.69, 9.17) is 4.74 Å². The molecular formula is C23H28N2O5. The van der Waals surface area contributed by atoms with Gasteiger partial charge in [-0.3, -0.25) is 24.1 Å². The third kappa shape index (κ3) is 3.73. The molecule has 3 aliphatic rings. The molecule has 0 N–H and O–H groups in total. The number of carbonyl (C=O) groups is 4. The number of amides is 3. The molecule has 2 aliphatic heterocycles. The maximum atomic E-state index is 12.9. The van der Waals surface area contributed by atoms with Gasteiger partial charge in [-0.05, 0) is 56.9 Å². The summed E-state index contributed by atoms with van der Waals surface area (Å²) in [5, 5.41) is 0. The predicted molar refractivity (Wildman–Crippen MR) is 110 cm³/mol. The first-order valence-corrected chi connectivity index (χ1v) is 10.9. The van der Waals surface area contributed by atoms with Crippen molar-refractivity contribution in [2.45, 2.75) is 45.4 Å². The van der Waals surface area contributed by atoms with Crippen LogP contribution in [0.25, 0.3) is 0 Å². The first-order valence-electron chi connectivity index (χ1n) is 10.9. The highest BCUT2D eigenvalue weighted by Crippen LogP contribution is 2.40. The van der Waals surface area contributed by atoms with Gasteiger partial charge in [0.2, 0.25) is 11.8 Å². The maximum Gasteiger partial charge on any atom is 0.310 e. The second-order valence-electron chi connectivity index (χ2n) is 8.40. The Morgan fingerprint density at radius 2 is 1.60 bits per heavy atom. The summed E-state index contributed by atoms with van der Waals surface area (Å²) in [5.74, 6) is -1.30. The van der Waals surface area contributed by atoms with Crippen molar-refractivity contribution >= 4 is 29.4 Å². The van der Waals surface area contributed by atoms with Crippen LogP contribution in [-0.4, -0.2) is 48.3 Å². The van der Waals surface area contributed by atoms with Crippen LogP contribution in [0.4, 0.5) is 5.69 Å². The number of rotatable bonds is 4. The number of hydrogen-bond acceptors (Lipinski definition) is 5. The summed E-state index contributed by atoms with van der Waals surface area (Å²) in [7, 11) is 0. The molecule has 1 aromatic carbocycles. The van der Waals surface area contributed by atoms with Gasteiger partial charge in [-0.15, -0.1) is 0 Å². The fourth-order valence-electron chi connectivity index (χ4n) is 4.97. The Morgan fingerprint density at radius 3 is 2.20 bits per heavy atom. The SMILES string of the molecule is CCOC(=O)[C@@H]1CCCN(C(=O)c2ccc(N3C(=O)[C@H]4CCCC[C@H]4C3=O)cc2)C1. The Hall–Kier alpha value is -2.70. The Balaban J connectivity index is 1.46. The van der Waals surface area contributed by atoms with Gasteiger partial charge in [-0.1, -0.05) is 12.8 Å². The molecule has 0 bridgehead atoms. The van der Waals surface area contributed by atoms with Crippen molar-refractivity contribution in [3.05, 3.63) is 29.8 Å². The molecule has 0 unspecified atom stereocenters. The highest BCUT2D eigenvalue weighted by Gasteiger charge is 2.48. The highest BCUT2D eigenvalue weighted by atomic mass is 16.5. The van der Waals surface area contributed by atoms with Crippen molar-refractivity contribution in [1.82, 2.24) is 4.90 Å². The summed E-state index contributed by atoms with van der Waals surface area (Å²) in [6.07, 6.45) is 5.02. The van der Waals surface area contributed by atoms with E-state index in [0.717, 1.165) is 38.5 Å². The van der Waals surface area contributed by atoms with E-state index >= 15 is 0 Å². The van der Waals surface area contributed by atoms with Crippen LogP contribution >= 0.6 is 0 Å². The normalized spacial score (nSPS) is 26.5. The lowest BCUT2D eigenvalue weighted by atomic mass is 9.81. The van der Waals surface area contributed by atoms with E-state index in [9.17, 15) is 19.2 Å². The Morgan fingerprint density at radius 1 is 0.967 bits per heavy atom. The van der Waals surface area contributed by atoms with Crippen molar-refractivity contribution in [3.63, 3.8) is 0 Å². The van der Waals surface area contributed by atoms with Crippen LogP contribution in [-0.2, 0) is 19.1 Å². The molecule has 1 saturated carbocycles. The third-order valence-electron chi connectivity index (χ3n) is 6.54. The van der Waals surface area contributed by atoms with Crippen LogP contribution < -0.4 is 4.90 Å². The van der Waals surface area contributed by atoms with Crippen LogP contribution in [0.1, 0.15) is 55.8 Å². The number of fused-ring (bicyclic) bond motifs is 1. The molecule has 0 radical (unpaired) electrons. The summed E-state index contributed by atoms with van der Waals surface area (Å²) >= 11 is 0. The Kier molecular flexibility index (Phi) is 5.88. The molecule has 1 aromatic rings. The van der Waals surface area contributed by atoms with Gasteiger partial charge in [-0.2, -0.15) is 0 Å². The number of carbonyl (C=O) groups excluding carboxylic acids is 4. The quantitative estimate of drug-likeness (QED) is 0.561. The van der Waals surface area contributed by atoms with Crippen molar-refractivity contribution in [2.24, 2.45) is 17.8 Å². The lowest BCUT2D eigenvalue weighted by molar-refractivity contribution is -0.149. The Labute approximate surface area is 176 Å². The van der Waals surface area contributed by atoms with Gasteiger partial charge in [0.05, 0.1) is 30.0 Å². The fourth-order valence-corrected chi connectivity index (χ4v) is 4.97. The second kappa shape index (κ2) is 8.58. The number of hydrogen-bond donors (Lipinski definition) is 0. The zero-order chi connectivity index (χ0) is 21.3. The number of likely N-dealkylation sites (tertiary alicyclic amines) is 1. The number of piperidine rings is 1. The highest BCUT2D eigenvalue weighted by molar-refractivity contribution is 6.22. The molecule has 3 amide bonds. The van der Waals surface area contributed by atoms with E-state index in [1.54, 1.807) is 36.1 Å². The van der Waals surface area contributed by atoms with Crippen LogP contribution in [0.2, 0.25) is 0 Å². The van der Waals surface area contributed by atoms with E-state index in [2.05, 4.69) is 0 Å². The minimum Gasteiger partial charge on any atom is -0.466 e. The van der Waals surface area contributed by atoms with E-state index in [1.165, 1.54) is 4.90 Å². The summed E-state index contributed by atoms with van der Waals surface area (Å²) in [4.78, 5) is 53.4. The molecule has 7 nitrogen and oxygen atoms in total. The second-order valence-corrected chi connectivity index (χ2v) is 8.40. The zero-order valence-corrected chi connectivity index (χ0v) is 17.3. The van der Waals surface area contributed by atoms with Gasteiger partial charge in [0.15, 0.2) is 0 Å². The number of esters is 1. The monoisotopic (exact) mass is 412 g/mol. The van der Waals surface area contributed by atoms with E-state index in [1.807, 2.05) is 0 Å². The van der Waals surface area contributed by atoms with Gasteiger partial charge < -0.3 is 9.64 Å². The number of ether oxygens (including phenoxy) is 1. The molecule has 30 heavy (non-hydrogen) atoms. The summed E-state index contributed by atoms with van der Waals surface area (Å²) < 4.78 is 5.10. The van der Waals surface area contributed by atoms with Gasteiger partial charge in [0.25, 0.3) is 5.91 Å². The van der Waals surface area contributed by atoms with Crippen molar-refractivity contribution in [1.29, 1.82) is 0 Å². The van der Waals surface area contributed by atoms with Gasteiger partial charge in [0.1, 0.15) is 0 Å². The van der Waals surface area contributed by atoms with Crippen LogP contribution in [0.3, 0.4) is 0 Å². The van der Waals surface area contributed by atoms with Crippen LogP contribution in [0.5, 0.6) is 0 Å². The van der Waals surface area contributed by atoms with Gasteiger partial charge in [0, 0.05) is 18.7 Å². The topological polar surface area (TPSA) is 84.0 Å². The average molecular weight is 412 g/mol. The zero-order valence-electron chi connectivity index (χ0n) is 17.3. The first kappa shape index (κ1) is 20.6. The van der Waals surface area contributed by atoms with E-state index in [-0.39, 0.29) is 41.4 Å². The van der Waals surface area contributed by atoms with Crippen LogP contribution in [0.15, 0.2) is 24.3 Å². The van der Waals surface area contributed by atoms with Gasteiger partial charge >= 0.3 is 5.97 Å². The Bertz CT molecular complexity index is 826. The number of benzene rings is 1. The molecule has 4 rings (SSSR count).